The molecule has 2 bridgehead atoms. The number of rotatable bonds is 5. The van der Waals surface area contributed by atoms with Crippen molar-refractivity contribution in [2.45, 2.75) is 38.1 Å². The minimum Gasteiger partial charge on any atom is -0.354 e. The molecule has 2 unspecified atom stereocenters. The lowest BCUT2D eigenvalue weighted by Gasteiger charge is -2.43. The summed E-state index contributed by atoms with van der Waals surface area (Å²) in [5.74, 6) is 1.01. The first kappa shape index (κ1) is 16.9. The van der Waals surface area contributed by atoms with Gasteiger partial charge in [0.2, 0.25) is 5.91 Å². The van der Waals surface area contributed by atoms with Crippen LogP contribution < -0.4 is 16.4 Å². The fourth-order valence-corrected chi connectivity index (χ4v) is 4.11. The maximum atomic E-state index is 12.4. The predicted molar refractivity (Wildman–Crippen MR) is 91.1 cm³/mol. The molecule has 2 fully saturated rings. The van der Waals surface area contributed by atoms with Crippen molar-refractivity contribution in [1.82, 2.24) is 15.6 Å². The van der Waals surface area contributed by atoms with Crippen molar-refractivity contribution in [2.24, 2.45) is 23.5 Å². The summed E-state index contributed by atoms with van der Waals surface area (Å²) in [6, 6.07) is 3.72. The van der Waals surface area contributed by atoms with Crippen LogP contribution in [0.2, 0.25) is 0 Å². The van der Waals surface area contributed by atoms with E-state index in [4.69, 9.17) is 5.73 Å². The van der Waals surface area contributed by atoms with Crippen molar-refractivity contribution in [3.8, 4) is 0 Å². The summed E-state index contributed by atoms with van der Waals surface area (Å²) >= 11 is 0. The highest BCUT2D eigenvalue weighted by Crippen LogP contribution is 2.41. The third-order valence-corrected chi connectivity index (χ3v) is 5.42. The van der Waals surface area contributed by atoms with Crippen molar-refractivity contribution >= 4 is 11.8 Å². The topological polar surface area (TPSA) is 97.1 Å². The molecule has 2 aliphatic carbocycles. The van der Waals surface area contributed by atoms with Crippen LogP contribution in [0.5, 0.6) is 0 Å². The summed E-state index contributed by atoms with van der Waals surface area (Å²) in [7, 11) is 0. The number of nitrogens with zero attached hydrogens (tertiary/aromatic N) is 1. The molecule has 1 aromatic rings. The van der Waals surface area contributed by atoms with E-state index in [9.17, 15) is 9.59 Å². The smallest absolute Gasteiger partial charge is 0.252 e. The lowest BCUT2D eigenvalue weighted by molar-refractivity contribution is -0.127. The number of hydrogen-bond acceptors (Lipinski definition) is 4. The van der Waals surface area contributed by atoms with Gasteiger partial charge in [-0.1, -0.05) is 6.42 Å². The zero-order valence-electron chi connectivity index (χ0n) is 13.9. The molecule has 6 heteroatoms. The Balaban J connectivity index is 1.39. The van der Waals surface area contributed by atoms with E-state index in [-0.39, 0.29) is 23.8 Å². The van der Waals surface area contributed by atoms with E-state index in [2.05, 4.69) is 15.6 Å². The van der Waals surface area contributed by atoms with Gasteiger partial charge in [0, 0.05) is 37.4 Å². The Labute approximate surface area is 142 Å². The second-order valence-corrected chi connectivity index (χ2v) is 6.99. The zero-order valence-corrected chi connectivity index (χ0v) is 13.9. The average Bonchev–Trinajstić information content (AvgIpc) is 2.59. The van der Waals surface area contributed by atoms with Crippen LogP contribution in [0, 0.1) is 17.8 Å². The van der Waals surface area contributed by atoms with E-state index >= 15 is 0 Å². The quantitative estimate of drug-likeness (QED) is 0.704. The maximum Gasteiger partial charge on any atom is 0.252 e. The Bertz CT molecular complexity index is 564. The summed E-state index contributed by atoms with van der Waals surface area (Å²) in [6.45, 7) is 0.862. The molecule has 0 saturated heterocycles. The molecule has 1 heterocycles. The highest BCUT2D eigenvalue weighted by molar-refractivity contribution is 5.93. The fraction of sp³-hybridized carbons (Fsp3) is 0.611. The van der Waals surface area contributed by atoms with E-state index in [1.807, 2.05) is 0 Å². The van der Waals surface area contributed by atoms with Gasteiger partial charge >= 0.3 is 0 Å². The number of carbonyl (C=O) groups excluding carboxylic acids is 2. The second kappa shape index (κ2) is 7.75. The van der Waals surface area contributed by atoms with Crippen LogP contribution in [-0.4, -0.2) is 35.9 Å². The Kier molecular flexibility index (Phi) is 5.45. The van der Waals surface area contributed by atoms with E-state index in [1.165, 1.54) is 12.6 Å². The normalized spacial score (nSPS) is 28.9. The van der Waals surface area contributed by atoms with Crippen LogP contribution in [0.25, 0.3) is 0 Å². The number of nitrogens with two attached hydrogens (primary N) is 1. The van der Waals surface area contributed by atoms with E-state index in [1.54, 1.807) is 18.3 Å². The van der Waals surface area contributed by atoms with Gasteiger partial charge in [-0.05, 0) is 49.7 Å². The Morgan fingerprint density at radius 2 is 1.88 bits per heavy atom. The molecule has 0 radical (unpaired) electrons. The van der Waals surface area contributed by atoms with Crippen LogP contribution in [-0.2, 0) is 4.79 Å². The number of carbonyl (C=O) groups is 2. The largest absolute Gasteiger partial charge is 0.354 e. The minimum absolute atomic E-state index is 0.0779. The number of nitrogens with one attached hydrogen (secondary N) is 2. The molecule has 0 aliphatic heterocycles. The number of fused-ring (bicyclic) bond motifs is 2. The first-order valence-corrected chi connectivity index (χ1v) is 8.86. The molecule has 3 rings (SSSR count). The summed E-state index contributed by atoms with van der Waals surface area (Å²) in [6.07, 6.45) is 8.53. The molecular formula is C18H26N4O2. The van der Waals surface area contributed by atoms with Crippen molar-refractivity contribution in [3.63, 3.8) is 0 Å². The predicted octanol–water partition coefficient (Wildman–Crippen LogP) is 1.08. The van der Waals surface area contributed by atoms with E-state index < -0.39 is 0 Å². The molecule has 6 nitrogen and oxygen atoms in total. The SMILES string of the molecule is NC1C2CCCC1CC(C(=O)NCCNC(=O)c1cccnc1)C2. The van der Waals surface area contributed by atoms with Crippen LogP contribution in [0.15, 0.2) is 24.5 Å². The first-order chi connectivity index (χ1) is 11.6. The van der Waals surface area contributed by atoms with Gasteiger partial charge in [0.05, 0.1) is 5.56 Å². The van der Waals surface area contributed by atoms with Gasteiger partial charge in [-0.3, -0.25) is 14.6 Å². The molecule has 130 valence electrons. The summed E-state index contributed by atoms with van der Waals surface area (Å²) in [5.41, 5.74) is 6.80. The highest BCUT2D eigenvalue weighted by atomic mass is 16.2. The lowest BCUT2D eigenvalue weighted by Crippen LogP contribution is -2.49. The molecule has 24 heavy (non-hydrogen) atoms. The third-order valence-electron chi connectivity index (χ3n) is 5.42. The molecule has 0 spiro atoms. The second-order valence-electron chi connectivity index (χ2n) is 6.99. The van der Waals surface area contributed by atoms with Crippen LogP contribution in [0.4, 0.5) is 0 Å². The number of aromatic nitrogens is 1. The maximum absolute atomic E-state index is 12.4. The van der Waals surface area contributed by atoms with Gasteiger partial charge in [0.25, 0.3) is 5.91 Å². The zero-order chi connectivity index (χ0) is 16.9. The Hall–Kier alpha value is -1.95. The van der Waals surface area contributed by atoms with E-state index in [0.717, 1.165) is 25.7 Å². The van der Waals surface area contributed by atoms with Crippen LogP contribution >= 0.6 is 0 Å². The van der Waals surface area contributed by atoms with E-state index in [0.29, 0.717) is 30.5 Å². The molecule has 0 aromatic carbocycles. The molecule has 2 atom stereocenters. The third kappa shape index (κ3) is 3.93. The number of hydrogen-bond donors (Lipinski definition) is 3. The Morgan fingerprint density at radius 3 is 2.54 bits per heavy atom. The van der Waals surface area contributed by atoms with Crippen LogP contribution in [0.3, 0.4) is 0 Å². The Morgan fingerprint density at radius 1 is 1.17 bits per heavy atom. The van der Waals surface area contributed by atoms with Gasteiger partial charge in [0.1, 0.15) is 0 Å². The monoisotopic (exact) mass is 330 g/mol. The van der Waals surface area contributed by atoms with Gasteiger partial charge in [0.15, 0.2) is 0 Å². The lowest BCUT2D eigenvalue weighted by atomic mass is 9.65. The minimum atomic E-state index is -0.171. The van der Waals surface area contributed by atoms with Crippen molar-refractivity contribution in [2.75, 3.05) is 13.1 Å². The van der Waals surface area contributed by atoms with Crippen molar-refractivity contribution in [1.29, 1.82) is 0 Å². The number of amides is 2. The summed E-state index contributed by atoms with van der Waals surface area (Å²) in [4.78, 5) is 28.2. The fourth-order valence-electron chi connectivity index (χ4n) is 4.11. The molecule has 4 N–H and O–H groups in total. The molecular weight excluding hydrogens is 304 g/mol. The van der Waals surface area contributed by atoms with Gasteiger partial charge in [-0.15, -0.1) is 0 Å². The number of pyridine rings is 1. The molecule has 2 aliphatic rings. The summed E-state index contributed by atoms with van der Waals surface area (Å²) in [5, 5.41) is 5.74. The van der Waals surface area contributed by atoms with Gasteiger partial charge in [-0.25, -0.2) is 0 Å². The summed E-state index contributed by atoms with van der Waals surface area (Å²) < 4.78 is 0. The van der Waals surface area contributed by atoms with Gasteiger partial charge < -0.3 is 16.4 Å². The van der Waals surface area contributed by atoms with Crippen molar-refractivity contribution in [3.05, 3.63) is 30.1 Å². The molecule has 1 aromatic heterocycles. The molecule has 2 saturated carbocycles. The van der Waals surface area contributed by atoms with Crippen molar-refractivity contribution < 1.29 is 9.59 Å². The average molecular weight is 330 g/mol. The first-order valence-electron chi connectivity index (χ1n) is 8.86. The highest BCUT2D eigenvalue weighted by Gasteiger charge is 2.40. The standard InChI is InChI=1S/C18H26N4O2/c19-16-12-3-1-4-13(16)10-15(9-12)18(24)22-8-7-21-17(23)14-5-2-6-20-11-14/h2,5-6,11-13,15-16H,1,3-4,7-10,19H2,(H,21,23)(H,22,24). The van der Waals surface area contributed by atoms with Crippen LogP contribution in [0.1, 0.15) is 42.5 Å². The molecule has 2 amide bonds. The van der Waals surface area contributed by atoms with Gasteiger partial charge in [-0.2, -0.15) is 0 Å².